The van der Waals surface area contributed by atoms with Crippen LogP contribution in [-0.2, 0) is 41.7 Å². The van der Waals surface area contributed by atoms with Crippen molar-refractivity contribution in [2.45, 2.75) is 104 Å². The van der Waals surface area contributed by atoms with Gasteiger partial charge in [0, 0.05) is 18.2 Å². The van der Waals surface area contributed by atoms with Crippen LogP contribution < -0.4 is 26.6 Å². The summed E-state index contributed by atoms with van der Waals surface area (Å²) in [6, 6.07) is 13.4. The van der Waals surface area contributed by atoms with E-state index in [1.54, 1.807) is 51.1 Å². The molecule has 0 radical (unpaired) electrons. The minimum absolute atomic E-state index is 0.0152. The molecule has 0 fully saturated rings. The molecule has 4 atom stereocenters. The summed E-state index contributed by atoms with van der Waals surface area (Å²) in [5.41, 5.74) is 0.437. The lowest BCUT2D eigenvalue weighted by molar-refractivity contribution is -0.155. The number of carbonyl (C=O) groups excluding carboxylic acids is 6. The van der Waals surface area contributed by atoms with Crippen molar-refractivity contribution in [3.05, 3.63) is 77.6 Å². The molecule has 1 aromatic heterocycles. The predicted molar refractivity (Wildman–Crippen MR) is 191 cm³/mol. The molecule has 2 aromatic carbocycles. The number of benzene rings is 2. The van der Waals surface area contributed by atoms with Crippen molar-refractivity contribution in [2.24, 2.45) is 5.92 Å². The Morgan fingerprint density at radius 3 is 2.14 bits per heavy atom. The molecule has 0 spiro atoms. The highest BCUT2D eigenvalue weighted by atomic mass is 16.6. The van der Waals surface area contributed by atoms with Gasteiger partial charge in [-0.15, -0.1) is 0 Å². The number of hydrogen-bond acceptors (Lipinski definition) is 8. The Balaban J connectivity index is 1.74. The molecule has 1 aliphatic rings. The molecule has 51 heavy (non-hydrogen) atoms. The van der Waals surface area contributed by atoms with E-state index in [9.17, 15) is 28.8 Å². The van der Waals surface area contributed by atoms with Crippen molar-refractivity contribution in [3.63, 3.8) is 0 Å². The number of esters is 1. The van der Waals surface area contributed by atoms with Gasteiger partial charge in [-0.1, -0.05) is 68.4 Å². The first-order valence-electron chi connectivity index (χ1n) is 17.2. The molecule has 13 nitrogen and oxygen atoms in total. The fourth-order valence-corrected chi connectivity index (χ4v) is 5.69. The number of pyridine rings is 1. The first-order chi connectivity index (χ1) is 24.1. The lowest BCUT2D eigenvalue weighted by Gasteiger charge is -2.27. The molecule has 0 aliphatic carbocycles. The molecule has 13 heteroatoms. The molecular formula is C38H48N6O7. The van der Waals surface area contributed by atoms with Crippen molar-refractivity contribution in [2.75, 3.05) is 0 Å². The number of aromatic nitrogens is 1. The van der Waals surface area contributed by atoms with E-state index in [2.05, 4.69) is 31.6 Å². The third-order valence-electron chi connectivity index (χ3n) is 8.17. The maximum atomic E-state index is 14.0. The van der Waals surface area contributed by atoms with Gasteiger partial charge >= 0.3 is 5.97 Å². The van der Waals surface area contributed by atoms with Crippen LogP contribution in [0.2, 0.25) is 0 Å². The number of amides is 5. The second kappa shape index (κ2) is 17.1. The molecule has 4 rings (SSSR count). The zero-order valence-corrected chi connectivity index (χ0v) is 30.0. The third kappa shape index (κ3) is 11.3. The monoisotopic (exact) mass is 700 g/mol. The molecule has 0 unspecified atom stereocenters. The Morgan fingerprint density at radius 2 is 1.45 bits per heavy atom. The Labute approximate surface area is 298 Å². The second-order valence-electron chi connectivity index (χ2n) is 14.2. The average Bonchev–Trinajstić information content (AvgIpc) is 3.06. The predicted octanol–water partition coefficient (Wildman–Crippen LogP) is 2.85. The summed E-state index contributed by atoms with van der Waals surface area (Å²) >= 11 is 0. The summed E-state index contributed by atoms with van der Waals surface area (Å²) in [7, 11) is 0. The molecule has 2 bridgehead atoms. The van der Waals surface area contributed by atoms with Gasteiger partial charge < -0.3 is 31.3 Å². The molecule has 5 amide bonds. The van der Waals surface area contributed by atoms with Crippen LogP contribution in [0.25, 0.3) is 10.8 Å². The minimum atomic E-state index is -1.26. The number of nitrogens with one attached hydrogen (secondary N) is 5. The van der Waals surface area contributed by atoms with Crippen molar-refractivity contribution in [3.8, 4) is 0 Å². The van der Waals surface area contributed by atoms with E-state index in [0.29, 0.717) is 16.5 Å². The number of fused-ring (bicyclic) bond motifs is 4. The molecule has 2 heterocycles. The number of nitrogens with zero attached hydrogens (tertiary/aromatic N) is 1. The zero-order chi connectivity index (χ0) is 37.3. The van der Waals surface area contributed by atoms with Crippen LogP contribution in [0.5, 0.6) is 0 Å². The average molecular weight is 701 g/mol. The van der Waals surface area contributed by atoms with Gasteiger partial charge in [-0.25, -0.2) is 4.98 Å². The second-order valence-corrected chi connectivity index (χ2v) is 14.2. The Hall–Kier alpha value is -5.33. The molecular weight excluding hydrogens is 652 g/mol. The van der Waals surface area contributed by atoms with E-state index in [4.69, 9.17) is 4.74 Å². The number of carbonyl (C=O) groups is 6. The number of rotatable bonds is 7. The van der Waals surface area contributed by atoms with Crippen molar-refractivity contribution < 1.29 is 33.5 Å². The fourth-order valence-electron chi connectivity index (χ4n) is 5.69. The summed E-state index contributed by atoms with van der Waals surface area (Å²) in [6.07, 6.45) is -0.0207. The summed E-state index contributed by atoms with van der Waals surface area (Å²) < 4.78 is 5.41. The first-order valence-corrected chi connectivity index (χ1v) is 17.2. The largest absolute Gasteiger partial charge is 0.460 e. The first kappa shape index (κ1) is 38.5. The van der Waals surface area contributed by atoms with E-state index in [1.807, 2.05) is 44.2 Å². The smallest absolute Gasteiger partial charge is 0.306 e. The van der Waals surface area contributed by atoms with Gasteiger partial charge in [0.15, 0.2) is 0 Å². The fraction of sp³-hybridized carbons (Fsp3) is 0.447. The van der Waals surface area contributed by atoms with Gasteiger partial charge in [0.2, 0.25) is 23.6 Å². The van der Waals surface area contributed by atoms with Crippen molar-refractivity contribution in [1.82, 2.24) is 31.6 Å². The van der Waals surface area contributed by atoms with Crippen LogP contribution in [0.15, 0.2) is 60.7 Å². The molecule has 3 aromatic rings. The van der Waals surface area contributed by atoms with Gasteiger partial charge in [-0.2, -0.15) is 0 Å². The van der Waals surface area contributed by atoms with Gasteiger partial charge in [0.05, 0.1) is 12.2 Å². The van der Waals surface area contributed by atoms with Crippen LogP contribution >= 0.6 is 0 Å². The Bertz CT molecular complexity index is 1750. The maximum Gasteiger partial charge on any atom is 0.306 e. The van der Waals surface area contributed by atoms with E-state index >= 15 is 0 Å². The van der Waals surface area contributed by atoms with Gasteiger partial charge in [0.25, 0.3) is 5.91 Å². The summed E-state index contributed by atoms with van der Waals surface area (Å²) in [4.78, 5) is 85.7. The van der Waals surface area contributed by atoms with Crippen molar-refractivity contribution in [1.29, 1.82) is 0 Å². The normalized spacial score (nSPS) is 21.0. The highest BCUT2D eigenvalue weighted by molar-refractivity contribution is 6.00. The third-order valence-corrected chi connectivity index (χ3v) is 8.17. The van der Waals surface area contributed by atoms with E-state index in [0.717, 1.165) is 5.56 Å². The molecule has 272 valence electrons. The van der Waals surface area contributed by atoms with Gasteiger partial charge in [-0.3, -0.25) is 28.8 Å². The van der Waals surface area contributed by atoms with Gasteiger partial charge in [0.1, 0.15) is 35.5 Å². The lowest BCUT2D eigenvalue weighted by atomic mass is 10.00. The van der Waals surface area contributed by atoms with E-state index < -0.39 is 65.3 Å². The maximum absolute atomic E-state index is 14.0. The van der Waals surface area contributed by atoms with Crippen LogP contribution in [0.4, 0.5) is 0 Å². The highest BCUT2D eigenvalue weighted by Crippen LogP contribution is 2.20. The zero-order valence-electron chi connectivity index (χ0n) is 30.0. The van der Waals surface area contributed by atoms with Crippen LogP contribution in [-0.4, -0.2) is 70.3 Å². The van der Waals surface area contributed by atoms with Gasteiger partial charge in [-0.05, 0) is 63.5 Å². The lowest BCUT2D eigenvalue weighted by Crippen LogP contribution is -2.58. The van der Waals surface area contributed by atoms with E-state index in [-0.39, 0.29) is 43.8 Å². The summed E-state index contributed by atoms with van der Waals surface area (Å²) in [5, 5.41) is 15.1. The summed E-state index contributed by atoms with van der Waals surface area (Å²) in [6.45, 7) is 10.4. The highest BCUT2D eigenvalue weighted by Gasteiger charge is 2.32. The molecule has 0 saturated heterocycles. The van der Waals surface area contributed by atoms with Crippen LogP contribution in [0, 0.1) is 5.92 Å². The summed E-state index contributed by atoms with van der Waals surface area (Å²) in [5.74, 6) is -3.69. The molecule has 0 saturated carbocycles. The van der Waals surface area contributed by atoms with Crippen LogP contribution in [0.1, 0.15) is 82.6 Å². The van der Waals surface area contributed by atoms with E-state index in [1.165, 1.54) is 6.92 Å². The Morgan fingerprint density at radius 1 is 0.824 bits per heavy atom. The SMILES string of the molecule is CC(C)C[C@@H]1NC(=O)c2cc3ccccc3c(n2)CNC(=O)[C@H](C)NC(=O)[C@H](CCC(=O)OC(C)(C)C)NC(=O)[C@H](Cc2ccccc2)NC1=O. The van der Waals surface area contributed by atoms with Crippen molar-refractivity contribution >= 4 is 46.3 Å². The topological polar surface area (TPSA) is 185 Å². The Kier molecular flexibility index (Phi) is 12.9. The quantitative estimate of drug-likeness (QED) is 0.233. The number of hydrogen-bond donors (Lipinski definition) is 5. The standard InChI is InChI=1S/C38H48N6O7/c1-22(2)18-28-35(48)44-29(19-24-12-8-7-9-13-24)36(49)42-27(16-17-32(45)51-38(4,5)6)34(47)40-23(3)33(46)39-21-31-26-15-11-10-14-25(26)20-30(41-31)37(50)43-28/h7-15,20,22-23,27-29H,16-19,21H2,1-6H3,(H,39,46)(H,40,47)(H,42,49)(H,43,50)(H,44,48)/t23-,27-,28-,29-/m0/s1. The minimum Gasteiger partial charge on any atom is -0.460 e. The van der Waals surface area contributed by atoms with Crippen LogP contribution in [0.3, 0.4) is 0 Å². The molecule has 1 aliphatic heterocycles. The molecule has 5 N–H and O–H groups in total. The number of ether oxygens (including phenoxy) is 1.